The first kappa shape index (κ1) is 20.6. The standard InChI is InChI=1S/C23H28O4/c1-6-26-19-14-17(22(23(3,4)5)21(15-19)27-7-2)10-13-20(25)16-8-11-18(24)12-9-16/h8-15,24H,6-7H2,1-5H3. The molecule has 0 bridgehead atoms. The third kappa shape index (κ3) is 5.36. The summed E-state index contributed by atoms with van der Waals surface area (Å²) in [6.07, 6.45) is 3.35. The number of benzene rings is 2. The van der Waals surface area contributed by atoms with E-state index in [1.165, 1.54) is 12.1 Å². The minimum Gasteiger partial charge on any atom is -0.508 e. The predicted octanol–water partition coefficient (Wildman–Crippen LogP) is 5.38. The van der Waals surface area contributed by atoms with Crippen molar-refractivity contribution < 1.29 is 19.4 Å². The fourth-order valence-electron chi connectivity index (χ4n) is 2.95. The van der Waals surface area contributed by atoms with Crippen molar-refractivity contribution in [3.05, 3.63) is 59.2 Å². The maximum atomic E-state index is 12.5. The quantitative estimate of drug-likeness (QED) is 0.526. The van der Waals surface area contributed by atoms with Crippen molar-refractivity contribution >= 4 is 11.9 Å². The Morgan fingerprint density at radius 1 is 1.04 bits per heavy atom. The molecule has 2 aromatic carbocycles. The molecule has 2 rings (SSSR count). The zero-order valence-corrected chi connectivity index (χ0v) is 16.7. The molecule has 1 N–H and O–H groups in total. The lowest BCUT2D eigenvalue weighted by atomic mass is 9.82. The van der Waals surface area contributed by atoms with E-state index in [9.17, 15) is 9.90 Å². The molecule has 0 aliphatic carbocycles. The summed E-state index contributed by atoms with van der Waals surface area (Å²) >= 11 is 0. The van der Waals surface area contributed by atoms with Gasteiger partial charge in [-0.25, -0.2) is 0 Å². The molecule has 0 unspecified atom stereocenters. The van der Waals surface area contributed by atoms with Gasteiger partial charge in [-0.3, -0.25) is 4.79 Å². The van der Waals surface area contributed by atoms with Crippen molar-refractivity contribution in [2.75, 3.05) is 13.2 Å². The molecule has 0 aromatic heterocycles. The summed E-state index contributed by atoms with van der Waals surface area (Å²) in [4.78, 5) is 12.5. The highest BCUT2D eigenvalue weighted by Gasteiger charge is 2.23. The molecule has 0 atom stereocenters. The van der Waals surface area contributed by atoms with Crippen LogP contribution in [0.15, 0.2) is 42.5 Å². The molecular weight excluding hydrogens is 340 g/mol. The smallest absolute Gasteiger partial charge is 0.185 e. The molecule has 0 saturated carbocycles. The average Bonchev–Trinajstić information content (AvgIpc) is 2.59. The highest BCUT2D eigenvalue weighted by molar-refractivity contribution is 6.07. The Kier molecular flexibility index (Phi) is 6.67. The minimum atomic E-state index is -0.170. The fourth-order valence-corrected chi connectivity index (χ4v) is 2.95. The largest absolute Gasteiger partial charge is 0.508 e. The minimum absolute atomic E-state index is 0.130. The number of hydrogen-bond acceptors (Lipinski definition) is 4. The number of ether oxygens (including phenoxy) is 2. The van der Waals surface area contributed by atoms with Gasteiger partial charge in [0.25, 0.3) is 0 Å². The molecule has 2 aromatic rings. The van der Waals surface area contributed by atoms with Crippen molar-refractivity contribution in [2.24, 2.45) is 0 Å². The van der Waals surface area contributed by atoms with Crippen LogP contribution < -0.4 is 9.47 Å². The second kappa shape index (κ2) is 8.76. The molecule has 0 aliphatic rings. The number of carbonyl (C=O) groups excluding carboxylic acids is 1. The van der Waals surface area contributed by atoms with Crippen LogP contribution in [-0.4, -0.2) is 24.1 Å². The molecule has 0 aliphatic heterocycles. The Bertz CT molecular complexity index is 812. The number of aromatic hydroxyl groups is 1. The molecule has 27 heavy (non-hydrogen) atoms. The lowest BCUT2D eigenvalue weighted by molar-refractivity contribution is 0.104. The number of phenols is 1. The van der Waals surface area contributed by atoms with Crippen LogP contribution in [0, 0.1) is 0 Å². The van der Waals surface area contributed by atoms with Crippen molar-refractivity contribution in [1.29, 1.82) is 0 Å². The SMILES string of the molecule is CCOc1cc(C=CC(=O)c2ccc(O)cc2)c(C(C)(C)C)c(OCC)c1. The van der Waals surface area contributed by atoms with E-state index in [1.807, 2.05) is 26.0 Å². The molecule has 144 valence electrons. The molecule has 4 nitrogen and oxygen atoms in total. The second-order valence-corrected chi connectivity index (χ2v) is 7.25. The van der Waals surface area contributed by atoms with Crippen LogP contribution in [0.4, 0.5) is 0 Å². The van der Waals surface area contributed by atoms with Gasteiger partial charge in [0, 0.05) is 17.2 Å². The van der Waals surface area contributed by atoms with Gasteiger partial charge < -0.3 is 14.6 Å². The molecule has 0 amide bonds. The van der Waals surface area contributed by atoms with Crippen LogP contribution in [0.5, 0.6) is 17.2 Å². The van der Waals surface area contributed by atoms with Crippen LogP contribution in [0.25, 0.3) is 6.08 Å². The van der Waals surface area contributed by atoms with E-state index in [2.05, 4.69) is 20.8 Å². The summed E-state index contributed by atoms with van der Waals surface area (Å²) in [5.74, 6) is 1.49. The summed E-state index contributed by atoms with van der Waals surface area (Å²) in [5, 5.41) is 9.38. The molecule has 0 saturated heterocycles. The lowest BCUT2D eigenvalue weighted by Gasteiger charge is -2.26. The summed E-state index contributed by atoms with van der Waals surface area (Å²) in [7, 11) is 0. The van der Waals surface area contributed by atoms with E-state index >= 15 is 0 Å². The first-order valence-electron chi connectivity index (χ1n) is 9.21. The Labute approximate surface area is 161 Å². The summed E-state index contributed by atoms with van der Waals surface area (Å²) in [6.45, 7) is 11.3. The number of allylic oxidation sites excluding steroid dienone is 1. The highest BCUT2D eigenvalue weighted by atomic mass is 16.5. The number of rotatable bonds is 7. The van der Waals surface area contributed by atoms with Crippen LogP contribution >= 0.6 is 0 Å². The van der Waals surface area contributed by atoms with Crippen molar-refractivity contribution in [3.8, 4) is 17.2 Å². The lowest BCUT2D eigenvalue weighted by Crippen LogP contribution is -2.16. The van der Waals surface area contributed by atoms with E-state index in [1.54, 1.807) is 24.3 Å². The number of phenolic OH excluding ortho intramolecular Hbond substituents is 1. The average molecular weight is 368 g/mol. The number of ketones is 1. The molecular formula is C23H28O4. The van der Waals surface area contributed by atoms with E-state index in [4.69, 9.17) is 9.47 Å². The summed E-state index contributed by atoms with van der Waals surface area (Å²) in [6, 6.07) is 10.1. The van der Waals surface area contributed by atoms with Crippen LogP contribution in [-0.2, 0) is 5.41 Å². The van der Waals surface area contributed by atoms with Gasteiger partial charge in [0.2, 0.25) is 0 Å². The van der Waals surface area contributed by atoms with E-state index in [0.29, 0.717) is 24.5 Å². The molecule has 4 heteroatoms. The Morgan fingerprint density at radius 2 is 1.67 bits per heavy atom. The zero-order valence-electron chi connectivity index (χ0n) is 16.7. The van der Waals surface area contributed by atoms with Gasteiger partial charge in [-0.05, 0) is 61.2 Å². The highest BCUT2D eigenvalue weighted by Crippen LogP contribution is 2.38. The van der Waals surface area contributed by atoms with Gasteiger partial charge in [-0.2, -0.15) is 0 Å². The molecule has 0 fully saturated rings. The molecule has 0 radical (unpaired) electrons. The first-order valence-corrected chi connectivity index (χ1v) is 9.21. The van der Waals surface area contributed by atoms with Crippen molar-refractivity contribution in [2.45, 2.75) is 40.0 Å². The third-order valence-electron chi connectivity index (χ3n) is 4.03. The van der Waals surface area contributed by atoms with Gasteiger partial charge in [-0.15, -0.1) is 0 Å². The Hall–Kier alpha value is -2.75. The predicted molar refractivity (Wildman–Crippen MR) is 109 cm³/mol. The van der Waals surface area contributed by atoms with Gasteiger partial charge in [0.1, 0.15) is 17.2 Å². The first-order chi connectivity index (χ1) is 12.8. The second-order valence-electron chi connectivity index (χ2n) is 7.25. The third-order valence-corrected chi connectivity index (χ3v) is 4.03. The number of carbonyl (C=O) groups is 1. The summed E-state index contributed by atoms with van der Waals surface area (Å²) in [5.41, 5.74) is 2.27. The van der Waals surface area contributed by atoms with Crippen LogP contribution in [0.2, 0.25) is 0 Å². The number of hydrogen-bond donors (Lipinski definition) is 1. The normalized spacial score (nSPS) is 11.6. The van der Waals surface area contributed by atoms with Crippen molar-refractivity contribution in [3.63, 3.8) is 0 Å². The topological polar surface area (TPSA) is 55.8 Å². The van der Waals surface area contributed by atoms with Gasteiger partial charge in [-0.1, -0.05) is 26.8 Å². The van der Waals surface area contributed by atoms with E-state index < -0.39 is 0 Å². The summed E-state index contributed by atoms with van der Waals surface area (Å²) < 4.78 is 11.5. The maximum Gasteiger partial charge on any atom is 0.185 e. The van der Waals surface area contributed by atoms with E-state index in [0.717, 1.165) is 16.9 Å². The fraction of sp³-hybridized carbons (Fsp3) is 0.348. The van der Waals surface area contributed by atoms with Gasteiger partial charge in [0.05, 0.1) is 13.2 Å². The van der Waals surface area contributed by atoms with Gasteiger partial charge >= 0.3 is 0 Å². The molecule has 0 spiro atoms. The maximum absolute atomic E-state index is 12.5. The monoisotopic (exact) mass is 368 g/mol. The van der Waals surface area contributed by atoms with Gasteiger partial charge in [0.15, 0.2) is 5.78 Å². The Balaban J connectivity index is 2.48. The van der Waals surface area contributed by atoms with E-state index in [-0.39, 0.29) is 16.9 Å². The Morgan fingerprint density at radius 3 is 2.22 bits per heavy atom. The molecule has 0 heterocycles. The van der Waals surface area contributed by atoms with Crippen LogP contribution in [0.3, 0.4) is 0 Å². The van der Waals surface area contributed by atoms with Crippen LogP contribution in [0.1, 0.15) is 56.1 Å². The zero-order chi connectivity index (χ0) is 20.0. The van der Waals surface area contributed by atoms with Crippen molar-refractivity contribution in [1.82, 2.24) is 0 Å².